The third-order valence-electron chi connectivity index (χ3n) is 2.09. The molecule has 0 rings (SSSR count). The van der Waals surface area contributed by atoms with Gasteiger partial charge in [0.2, 0.25) is 0 Å². The van der Waals surface area contributed by atoms with Crippen LogP contribution < -0.4 is 16.8 Å². The van der Waals surface area contributed by atoms with E-state index in [2.05, 4.69) is 5.32 Å². The van der Waals surface area contributed by atoms with Gasteiger partial charge in [-0.25, -0.2) is 4.79 Å². The molecule has 0 fully saturated rings. The van der Waals surface area contributed by atoms with Gasteiger partial charge >= 0.3 is 6.03 Å². The first kappa shape index (κ1) is 10.7. The number of hydrogen-bond acceptors (Lipinski definition) is 2. The minimum Gasteiger partial charge on any atom is -0.386 e. The molecule has 0 saturated carbocycles. The number of nitrogens with two attached hydrogens (primary N) is 2. The van der Waals surface area contributed by atoms with Gasteiger partial charge in [0.25, 0.3) is 0 Å². The summed E-state index contributed by atoms with van der Waals surface area (Å²) in [6.45, 7) is 3.70. The van der Waals surface area contributed by atoms with Gasteiger partial charge in [-0.1, -0.05) is 13.8 Å². The molecule has 70 valence electrons. The largest absolute Gasteiger partial charge is 0.386 e. The van der Waals surface area contributed by atoms with Crippen molar-refractivity contribution in [1.82, 2.24) is 5.32 Å². The summed E-state index contributed by atoms with van der Waals surface area (Å²) in [5, 5.41) is 9.78. The summed E-state index contributed by atoms with van der Waals surface area (Å²) in [4.78, 5) is 10.6. The van der Waals surface area contributed by atoms with Gasteiger partial charge in [-0.05, 0) is 12.8 Å². The van der Waals surface area contributed by atoms with Crippen molar-refractivity contribution in [3.63, 3.8) is 0 Å². The Kier molecular flexibility index (Phi) is 3.53. The maximum absolute atomic E-state index is 10.6. The second kappa shape index (κ2) is 3.94. The Hall–Kier alpha value is -1.26. The van der Waals surface area contributed by atoms with E-state index in [0.717, 1.165) is 0 Å². The maximum Gasteiger partial charge on any atom is 0.312 e. The van der Waals surface area contributed by atoms with Gasteiger partial charge in [0.1, 0.15) is 5.84 Å². The van der Waals surface area contributed by atoms with Crippen LogP contribution in [0.2, 0.25) is 0 Å². The first-order valence-corrected chi connectivity index (χ1v) is 3.90. The van der Waals surface area contributed by atoms with Crippen LogP contribution in [0.3, 0.4) is 0 Å². The highest BCUT2D eigenvalue weighted by Gasteiger charge is 2.30. The molecule has 0 atom stereocenters. The Bertz CT molecular complexity index is 186. The quantitative estimate of drug-likeness (QED) is 0.358. The Morgan fingerprint density at radius 1 is 1.42 bits per heavy atom. The lowest BCUT2D eigenvalue weighted by Crippen LogP contribution is -2.57. The zero-order valence-corrected chi connectivity index (χ0v) is 7.48. The van der Waals surface area contributed by atoms with Crippen LogP contribution in [0, 0.1) is 5.41 Å². The maximum atomic E-state index is 10.6. The number of urea groups is 1. The van der Waals surface area contributed by atoms with E-state index < -0.39 is 11.6 Å². The fourth-order valence-corrected chi connectivity index (χ4v) is 1.11. The average Bonchev–Trinajstić information content (AvgIpc) is 1.99. The number of carbonyl (C=O) groups excluding carboxylic acids is 1. The van der Waals surface area contributed by atoms with E-state index in [-0.39, 0.29) is 5.84 Å². The van der Waals surface area contributed by atoms with E-state index in [4.69, 9.17) is 16.9 Å². The Balaban J connectivity index is 4.58. The fourth-order valence-electron chi connectivity index (χ4n) is 1.11. The van der Waals surface area contributed by atoms with Crippen molar-refractivity contribution in [2.45, 2.75) is 32.2 Å². The van der Waals surface area contributed by atoms with Crippen LogP contribution in [-0.4, -0.2) is 17.4 Å². The second-order valence-corrected chi connectivity index (χ2v) is 2.69. The van der Waals surface area contributed by atoms with Gasteiger partial charge in [0.15, 0.2) is 0 Å². The molecule has 0 bridgehead atoms. The molecule has 0 aromatic heterocycles. The Morgan fingerprint density at radius 3 is 1.92 bits per heavy atom. The lowest BCUT2D eigenvalue weighted by molar-refractivity contribution is 0.239. The van der Waals surface area contributed by atoms with Crippen molar-refractivity contribution in [3.8, 4) is 0 Å². The van der Waals surface area contributed by atoms with E-state index in [1.807, 2.05) is 13.8 Å². The van der Waals surface area contributed by atoms with Gasteiger partial charge in [0.05, 0.1) is 5.54 Å². The molecule has 0 aliphatic rings. The first-order chi connectivity index (χ1) is 5.48. The van der Waals surface area contributed by atoms with Crippen molar-refractivity contribution < 1.29 is 4.79 Å². The highest BCUT2D eigenvalue weighted by molar-refractivity contribution is 5.91. The molecule has 0 saturated heterocycles. The smallest absolute Gasteiger partial charge is 0.312 e. The molecule has 0 radical (unpaired) electrons. The van der Waals surface area contributed by atoms with Crippen LogP contribution in [0.1, 0.15) is 26.7 Å². The highest BCUT2D eigenvalue weighted by atomic mass is 16.2. The zero-order valence-electron chi connectivity index (χ0n) is 7.48. The lowest BCUT2D eigenvalue weighted by Gasteiger charge is -2.30. The van der Waals surface area contributed by atoms with E-state index >= 15 is 0 Å². The molecular formula is C7H16N4O. The standard InChI is InChI=1S/C7H16N4O/c1-3-7(4-2,5(8)9)11-6(10)12/h3-4H2,1-2H3,(H3,8,9)(H3,10,11,12). The predicted molar refractivity (Wildman–Crippen MR) is 47.9 cm³/mol. The Morgan fingerprint density at radius 2 is 1.83 bits per heavy atom. The van der Waals surface area contributed by atoms with Crippen LogP contribution in [0.5, 0.6) is 0 Å². The van der Waals surface area contributed by atoms with Gasteiger partial charge in [-0.2, -0.15) is 0 Å². The molecule has 2 amide bonds. The molecule has 5 nitrogen and oxygen atoms in total. The number of primary amides is 1. The topological polar surface area (TPSA) is 105 Å². The van der Waals surface area contributed by atoms with Crippen molar-refractivity contribution in [3.05, 3.63) is 0 Å². The number of hydrogen-bond donors (Lipinski definition) is 4. The summed E-state index contributed by atoms with van der Waals surface area (Å²) >= 11 is 0. The van der Waals surface area contributed by atoms with Gasteiger partial charge in [-0.15, -0.1) is 0 Å². The molecule has 0 aromatic carbocycles. The van der Waals surface area contributed by atoms with Gasteiger partial charge in [-0.3, -0.25) is 5.41 Å². The number of amidine groups is 1. The van der Waals surface area contributed by atoms with Crippen LogP contribution >= 0.6 is 0 Å². The highest BCUT2D eigenvalue weighted by Crippen LogP contribution is 2.13. The van der Waals surface area contributed by atoms with E-state index in [9.17, 15) is 4.79 Å². The van der Waals surface area contributed by atoms with Gasteiger partial charge in [0, 0.05) is 0 Å². The third-order valence-corrected chi connectivity index (χ3v) is 2.09. The second-order valence-electron chi connectivity index (χ2n) is 2.69. The summed E-state index contributed by atoms with van der Waals surface area (Å²) < 4.78 is 0. The number of nitrogens with one attached hydrogen (secondary N) is 2. The minimum atomic E-state index is -0.758. The van der Waals surface area contributed by atoms with Crippen LogP contribution in [0.15, 0.2) is 0 Å². The molecular weight excluding hydrogens is 156 g/mol. The summed E-state index contributed by atoms with van der Waals surface area (Å²) in [6.07, 6.45) is 1.14. The fraction of sp³-hybridized carbons (Fsp3) is 0.714. The molecule has 0 heterocycles. The van der Waals surface area contributed by atoms with Crippen LogP contribution in [0.25, 0.3) is 0 Å². The van der Waals surface area contributed by atoms with Crippen molar-refractivity contribution >= 4 is 11.9 Å². The molecule has 5 heteroatoms. The number of amides is 2. The molecule has 0 aliphatic carbocycles. The number of carbonyl (C=O) groups is 1. The van der Waals surface area contributed by atoms with Crippen LogP contribution in [0.4, 0.5) is 4.79 Å². The SMILES string of the molecule is CCC(CC)(NC(N)=O)C(=N)N. The Labute approximate surface area is 72.0 Å². The first-order valence-electron chi connectivity index (χ1n) is 3.90. The molecule has 0 aromatic rings. The predicted octanol–water partition coefficient (Wildman–Crippen LogP) is 0.149. The molecule has 0 unspecified atom stereocenters. The van der Waals surface area contributed by atoms with E-state index in [0.29, 0.717) is 12.8 Å². The zero-order chi connectivity index (χ0) is 9.78. The summed E-state index contributed by atoms with van der Waals surface area (Å²) in [6, 6.07) is -0.645. The van der Waals surface area contributed by atoms with Crippen LogP contribution in [-0.2, 0) is 0 Å². The van der Waals surface area contributed by atoms with E-state index in [1.165, 1.54) is 0 Å². The summed E-state index contributed by atoms with van der Waals surface area (Å²) in [5.74, 6) is -0.0497. The number of rotatable bonds is 4. The lowest BCUT2D eigenvalue weighted by atomic mass is 9.92. The summed E-state index contributed by atoms with van der Waals surface area (Å²) in [7, 11) is 0. The minimum absolute atomic E-state index is 0.0497. The van der Waals surface area contributed by atoms with Gasteiger partial charge < -0.3 is 16.8 Å². The van der Waals surface area contributed by atoms with Crippen molar-refractivity contribution in [2.24, 2.45) is 11.5 Å². The molecule has 6 N–H and O–H groups in total. The van der Waals surface area contributed by atoms with Crippen molar-refractivity contribution in [2.75, 3.05) is 0 Å². The third kappa shape index (κ3) is 2.11. The normalized spacial score (nSPS) is 10.8. The van der Waals surface area contributed by atoms with Crippen molar-refractivity contribution in [1.29, 1.82) is 5.41 Å². The molecule has 0 spiro atoms. The molecule has 12 heavy (non-hydrogen) atoms. The average molecular weight is 172 g/mol. The summed E-state index contributed by atoms with van der Waals surface area (Å²) in [5.41, 5.74) is 9.56. The molecule has 0 aliphatic heterocycles. The monoisotopic (exact) mass is 172 g/mol. The van der Waals surface area contributed by atoms with E-state index in [1.54, 1.807) is 0 Å².